The third kappa shape index (κ3) is 1.91. The second-order valence-electron chi connectivity index (χ2n) is 3.94. The SMILES string of the molecule is CC(=O)c1cccc2c1C=CC(C)C=C2. The van der Waals surface area contributed by atoms with E-state index in [0.717, 1.165) is 16.7 Å². The minimum absolute atomic E-state index is 0.124. The van der Waals surface area contributed by atoms with E-state index in [1.54, 1.807) is 6.92 Å². The highest BCUT2D eigenvalue weighted by Crippen LogP contribution is 2.23. The number of hydrogen-bond donors (Lipinski definition) is 0. The van der Waals surface area contributed by atoms with Gasteiger partial charge in [-0.05, 0) is 24.0 Å². The first-order chi connectivity index (χ1) is 7.18. The topological polar surface area (TPSA) is 17.1 Å². The Morgan fingerprint density at radius 2 is 1.93 bits per heavy atom. The van der Waals surface area contributed by atoms with Gasteiger partial charge in [0.15, 0.2) is 5.78 Å². The molecule has 1 aliphatic carbocycles. The molecule has 0 saturated carbocycles. The lowest BCUT2D eigenvalue weighted by Crippen LogP contribution is -1.97. The van der Waals surface area contributed by atoms with Crippen molar-refractivity contribution in [1.29, 1.82) is 0 Å². The van der Waals surface area contributed by atoms with Gasteiger partial charge in [-0.3, -0.25) is 4.79 Å². The molecule has 1 atom stereocenters. The summed E-state index contributed by atoms with van der Waals surface area (Å²) in [7, 11) is 0. The third-order valence-corrected chi connectivity index (χ3v) is 2.66. The standard InChI is InChI=1S/C14H14O/c1-10-6-8-12-4-3-5-13(11(2)15)14(12)9-7-10/h3-10H,1-2H3. The molecular formula is C14H14O. The fraction of sp³-hybridized carbons (Fsp3) is 0.214. The largest absolute Gasteiger partial charge is 0.294 e. The lowest BCUT2D eigenvalue weighted by molar-refractivity contribution is 0.101. The fourth-order valence-electron chi connectivity index (χ4n) is 1.79. The molecule has 1 nitrogen and oxygen atoms in total. The molecule has 1 aromatic carbocycles. The van der Waals surface area contributed by atoms with E-state index in [9.17, 15) is 4.79 Å². The number of fused-ring (bicyclic) bond motifs is 1. The summed E-state index contributed by atoms with van der Waals surface area (Å²) < 4.78 is 0. The van der Waals surface area contributed by atoms with Crippen LogP contribution in [0.5, 0.6) is 0 Å². The monoisotopic (exact) mass is 198 g/mol. The number of ketones is 1. The molecule has 76 valence electrons. The van der Waals surface area contributed by atoms with Crippen LogP contribution in [0.1, 0.15) is 35.3 Å². The van der Waals surface area contributed by atoms with Crippen LogP contribution in [-0.4, -0.2) is 5.78 Å². The minimum atomic E-state index is 0.124. The number of rotatable bonds is 1. The van der Waals surface area contributed by atoms with Crippen molar-refractivity contribution in [2.75, 3.05) is 0 Å². The van der Waals surface area contributed by atoms with E-state index >= 15 is 0 Å². The molecule has 0 spiro atoms. The van der Waals surface area contributed by atoms with Crippen molar-refractivity contribution >= 4 is 17.9 Å². The average molecular weight is 198 g/mol. The normalized spacial score (nSPS) is 18.4. The molecule has 1 aliphatic rings. The molecule has 0 bridgehead atoms. The number of allylic oxidation sites excluding steroid dienone is 2. The van der Waals surface area contributed by atoms with Crippen molar-refractivity contribution < 1.29 is 4.79 Å². The van der Waals surface area contributed by atoms with Gasteiger partial charge in [-0.1, -0.05) is 49.4 Å². The van der Waals surface area contributed by atoms with Crippen LogP contribution in [0.2, 0.25) is 0 Å². The third-order valence-electron chi connectivity index (χ3n) is 2.66. The summed E-state index contributed by atoms with van der Waals surface area (Å²) in [5.74, 6) is 0.552. The Bertz CT molecular complexity index is 452. The van der Waals surface area contributed by atoms with E-state index in [1.165, 1.54) is 0 Å². The molecule has 0 radical (unpaired) electrons. The zero-order valence-electron chi connectivity index (χ0n) is 9.03. The minimum Gasteiger partial charge on any atom is -0.294 e. The van der Waals surface area contributed by atoms with E-state index < -0.39 is 0 Å². The van der Waals surface area contributed by atoms with Gasteiger partial charge >= 0.3 is 0 Å². The molecule has 0 aromatic heterocycles. The zero-order chi connectivity index (χ0) is 10.8. The number of Topliss-reactive ketones (excluding diaryl/α,β-unsaturated/α-hetero) is 1. The Balaban J connectivity index is 2.62. The molecule has 0 saturated heterocycles. The van der Waals surface area contributed by atoms with Crippen LogP contribution in [0.4, 0.5) is 0 Å². The van der Waals surface area contributed by atoms with Gasteiger partial charge in [0.1, 0.15) is 0 Å². The van der Waals surface area contributed by atoms with Crippen molar-refractivity contribution in [3.63, 3.8) is 0 Å². The Morgan fingerprint density at radius 1 is 1.20 bits per heavy atom. The Hall–Kier alpha value is -1.63. The molecular weight excluding hydrogens is 184 g/mol. The Labute approximate surface area is 90.1 Å². The molecule has 1 unspecified atom stereocenters. The average Bonchev–Trinajstić information content (AvgIpc) is 2.40. The van der Waals surface area contributed by atoms with E-state index in [2.05, 4.69) is 31.2 Å². The first-order valence-corrected chi connectivity index (χ1v) is 5.19. The predicted octanol–water partition coefficient (Wildman–Crippen LogP) is 3.57. The highest BCUT2D eigenvalue weighted by molar-refractivity contribution is 5.99. The van der Waals surface area contributed by atoms with E-state index in [1.807, 2.05) is 18.2 Å². The summed E-state index contributed by atoms with van der Waals surface area (Å²) >= 11 is 0. The summed E-state index contributed by atoms with van der Waals surface area (Å²) in [5.41, 5.74) is 2.98. The van der Waals surface area contributed by atoms with Crippen LogP contribution in [0.15, 0.2) is 30.4 Å². The van der Waals surface area contributed by atoms with Gasteiger partial charge in [0.2, 0.25) is 0 Å². The van der Waals surface area contributed by atoms with Crippen LogP contribution in [0.25, 0.3) is 12.2 Å². The summed E-state index contributed by atoms with van der Waals surface area (Å²) in [6.07, 6.45) is 8.41. The molecule has 1 heteroatoms. The summed E-state index contributed by atoms with van der Waals surface area (Å²) in [4.78, 5) is 11.5. The zero-order valence-corrected chi connectivity index (χ0v) is 9.03. The first-order valence-electron chi connectivity index (χ1n) is 5.19. The van der Waals surface area contributed by atoms with Crippen molar-refractivity contribution in [2.24, 2.45) is 5.92 Å². The molecule has 0 N–H and O–H groups in total. The van der Waals surface area contributed by atoms with Crippen LogP contribution in [0, 0.1) is 5.92 Å². The summed E-state index contributed by atoms with van der Waals surface area (Å²) in [6.45, 7) is 3.74. The van der Waals surface area contributed by atoms with Crippen LogP contribution in [0.3, 0.4) is 0 Å². The van der Waals surface area contributed by atoms with Crippen molar-refractivity contribution in [1.82, 2.24) is 0 Å². The highest BCUT2D eigenvalue weighted by atomic mass is 16.1. The van der Waals surface area contributed by atoms with Gasteiger partial charge in [0.25, 0.3) is 0 Å². The van der Waals surface area contributed by atoms with Gasteiger partial charge in [-0.15, -0.1) is 0 Å². The van der Waals surface area contributed by atoms with Crippen molar-refractivity contribution in [3.8, 4) is 0 Å². The maximum atomic E-state index is 11.5. The van der Waals surface area contributed by atoms with E-state index in [0.29, 0.717) is 5.92 Å². The van der Waals surface area contributed by atoms with Crippen LogP contribution >= 0.6 is 0 Å². The van der Waals surface area contributed by atoms with Crippen LogP contribution < -0.4 is 0 Å². The van der Waals surface area contributed by atoms with Crippen molar-refractivity contribution in [2.45, 2.75) is 13.8 Å². The lowest BCUT2D eigenvalue weighted by Gasteiger charge is -2.05. The van der Waals surface area contributed by atoms with E-state index in [-0.39, 0.29) is 5.78 Å². The van der Waals surface area contributed by atoms with Gasteiger partial charge in [0.05, 0.1) is 0 Å². The molecule has 0 heterocycles. The summed E-state index contributed by atoms with van der Waals surface area (Å²) in [5, 5.41) is 0. The summed E-state index contributed by atoms with van der Waals surface area (Å²) in [6, 6.07) is 5.86. The first kappa shape index (κ1) is 9.91. The molecule has 1 aromatic rings. The van der Waals surface area contributed by atoms with Crippen LogP contribution in [-0.2, 0) is 0 Å². The van der Waals surface area contributed by atoms with Gasteiger partial charge in [-0.2, -0.15) is 0 Å². The second kappa shape index (κ2) is 3.85. The van der Waals surface area contributed by atoms with Crippen molar-refractivity contribution in [3.05, 3.63) is 47.0 Å². The quantitative estimate of drug-likeness (QED) is 0.630. The maximum Gasteiger partial charge on any atom is 0.160 e. The van der Waals surface area contributed by atoms with Gasteiger partial charge in [0, 0.05) is 5.56 Å². The lowest BCUT2D eigenvalue weighted by atomic mass is 9.99. The van der Waals surface area contributed by atoms with E-state index in [4.69, 9.17) is 0 Å². The number of carbonyl (C=O) groups excluding carboxylic acids is 1. The highest BCUT2D eigenvalue weighted by Gasteiger charge is 2.09. The molecule has 0 fully saturated rings. The second-order valence-corrected chi connectivity index (χ2v) is 3.94. The van der Waals surface area contributed by atoms with Gasteiger partial charge < -0.3 is 0 Å². The molecule has 15 heavy (non-hydrogen) atoms. The fourth-order valence-corrected chi connectivity index (χ4v) is 1.79. The predicted molar refractivity (Wildman–Crippen MR) is 63.7 cm³/mol. The maximum absolute atomic E-state index is 11.5. The Morgan fingerprint density at radius 3 is 2.67 bits per heavy atom. The number of carbonyl (C=O) groups is 1. The molecule has 0 aliphatic heterocycles. The Kier molecular flexibility index (Phi) is 2.55. The number of benzene rings is 1. The smallest absolute Gasteiger partial charge is 0.160 e. The van der Waals surface area contributed by atoms with Gasteiger partial charge in [-0.25, -0.2) is 0 Å². The molecule has 0 amide bonds. The number of hydrogen-bond acceptors (Lipinski definition) is 1. The molecule has 2 rings (SSSR count).